The molecule has 4 rings (SSSR count). The number of halogens is 1. The fraction of sp³-hybridized carbons (Fsp3) is 0.280. The van der Waals surface area contributed by atoms with Gasteiger partial charge >= 0.3 is 5.97 Å². The monoisotopic (exact) mass is 468 g/mol. The standard InChI is InChI=1S/C25H25FN2O4S/c1-16(32-19-10-8-18(26)9-11-19)23(29)27-24-22(25(30)31-2)20-12-13-28(15-21(20)33-24)14-17-6-4-3-5-7-17/h3-11,16H,12-15H2,1-2H3,(H,27,29). The van der Waals surface area contributed by atoms with Crippen LogP contribution in [0.15, 0.2) is 54.6 Å². The Morgan fingerprint density at radius 3 is 2.58 bits per heavy atom. The number of amides is 1. The first-order valence-corrected chi connectivity index (χ1v) is 11.5. The second kappa shape index (κ2) is 10.1. The van der Waals surface area contributed by atoms with Gasteiger partial charge in [-0.05, 0) is 48.7 Å². The number of carbonyl (C=O) groups excluding carboxylic acids is 2. The molecule has 3 aromatic rings. The van der Waals surface area contributed by atoms with E-state index in [0.717, 1.165) is 23.5 Å². The molecule has 1 atom stereocenters. The summed E-state index contributed by atoms with van der Waals surface area (Å²) in [6.45, 7) is 3.91. The highest BCUT2D eigenvalue weighted by Gasteiger charge is 2.30. The van der Waals surface area contributed by atoms with E-state index in [0.29, 0.717) is 29.3 Å². The Labute approximate surface area is 195 Å². The van der Waals surface area contributed by atoms with Crippen LogP contribution in [0.25, 0.3) is 0 Å². The molecule has 0 saturated heterocycles. The third-order valence-electron chi connectivity index (χ3n) is 5.51. The first-order chi connectivity index (χ1) is 15.9. The summed E-state index contributed by atoms with van der Waals surface area (Å²) < 4.78 is 23.7. The van der Waals surface area contributed by atoms with E-state index in [2.05, 4.69) is 22.3 Å². The number of hydrogen-bond acceptors (Lipinski definition) is 6. The Morgan fingerprint density at radius 1 is 1.15 bits per heavy atom. The van der Waals surface area contributed by atoms with Gasteiger partial charge in [0, 0.05) is 24.5 Å². The highest BCUT2D eigenvalue weighted by atomic mass is 32.1. The molecule has 0 radical (unpaired) electrons. The van der Waals surface area contributed by atoms with Gasteiger partial charge in [0.2, 0.25) is 0 Å². The van der Waals surface area contributed by atoms with Gasteiger partial charge in [-0.15, -0.1) is 11.3 Å². The van der Waals surface area contributed by atoms with Crippen molar-refractivity contribution >= 4 is 28.2 Å². The van der Waals surface area contributed by atoms with Crippen molar-refractivity contribution in [2.24, 2.45) is 0 Å². The van der Waals surface area contributed by atoms with E-state index >= 15 is 0 Å². The Bertz CT molecular complexity index is 1130. The molecule has 1 N–H and O–H groups in total. The van der Waals surface area contributed by atoms with Crippen molar-refractivity contribution in [3.63, 3.8) is 0 Å². The molecule has 2 heterocycles. The summed E-state index contributed by atoms with van der Waals surface area (Å²) in [6, 6.07) is 15.7. The second-order valence-corrected chi connectivity index (χ2v) is 8.95. The molecule has 8 heteroatoms. The molecular formula is C25H25FN2O4S. The zero-order valence-corrected chi connectivity index (χ0v) is 19.3. The zero-order chi connectivity index (χ0) is 23.4. The van der Waals surface area contributed by atoms with Crippen LogP contribution in [0.5, 0.6) is 5.75 Å². The average molecular weight is 469 g/mol. The molecule has 0 aliphatic carbocycles. The number of fused-ring (bicyclic) bond motifs is 1. The van der Waals surface area contributed by atoms with Crippen LogP contribution in [0.1, 0.15) is 33.3 Å². The van der Waals surface area contributed by atoms with Crippen molar-refractivity contribution in [1.82, 2.24) is 4.90 Å². The maximum Gasteiger partial charge on any atom is 0.341 e. The Balaban J connectivity index is 1.50. The number of nitrogens with zero attached hydrogens (tertiary/aromatic N) is 1. The number of benzene rings is 2. The number of esters is 1. The van der Waals surface area contributed by atoms with E-state index in [-0.39, 0.29) is 5.82 Å². The Hall–Kier alpha value is -3.23. The van der Waals surface area contributed by atoms with Crippen LogP contribution in [-0.4, -0.2) is 36.5 Å². The summed E-state index contributed by atoms with van der Waals surface area (Å²) in [7, 11) is 1.34. The lowest BCUT2D eigenvalue weighted by molar-refractivity contribution is -0.122. The fourth-order valence-corrected chi connectivity index (χ4v) is 5.10. The smallest absolute Gasteiger partial charge is 0.341 e. The molecule has 1 unspecified atom stereocenters. The normalized spacial score (nSPS) is 14.3. The molecule has 1 aromatic heterocycles. The second-order valence-electron chi connectivity index (χ2n) is 7.85. The van der Waals surface area contributed by atoms with Gasteiger partial charge in [0.1, 0.15) is 16.6 Å². The number of nitrogens with one attached hydrogen (secondary N) is 1. The van der Waals surface area contributed by atoms with Gasteiger partial charge in [-0.1, -0.05) is 30.3 Å². The highest BCUT2D eigenvalue weighted by molar-refractivity contribution is 7.17. The van der Waals surface area contributed by atoms with Gasteiger partial charge in [-0.2, -0.15) is 0 Å². The molecule has 0 bridgehead atoms. The molecule has 6 nitrogen and oxygen atoms in total. The topological polar surface area (TPSA) is 67.9 Å². The van der Waals surface area contributed by atoms with Crippen LogP contribution in [0, 0.1) is 5.82 Å². The summed E-state index contributed by atoms with van der Waals surface area (Å²) >= 11 is 1.39. The molecule has 0 fully saturated rings. The van der Waals surface area contributed by atoms with E-state index in [1.54, 1.807) is 6.92 Å². The predicted octanol–water partition coefficient (Wildman–Crippen LogP) is 4.64. The van der Waals surface area contributed by atoms with Gasteiger partial charge in [-0.25, -0.2) is 9.18 Å². The quantitative estimate of drug-likeness (QED) is 0.512. The molecule has 172 valence electrons. The lowest BCUT2D eigenvalue weighted by atomic mass is 10.0. The van der Waals surface area contributed by atoms with Crippen molar-refractivity contribution in [2.75, 3.05) is 19.0 Å². The fourth-order valence-electron chi connectivity index (χ4n) is 3.82. The van der Waals surface area contributed by atoms with Crippen LogP contribution >= 0.6 is 11.3 Å². The first kappa shape index (κ1) is 22.9. The third-order valence-corrected chi connectivity index (χ3v) is 6.64. The van der Waals surface area contributed by atoms with E-state index in [1.807, 2.05) is 18.2 Å². The minimum atomic E-state index is -0.838. The summed E-state index contributed by atoms with van der Waals surface area (Å²) in [5, 5.41) is 3.31. The van der Waals surface area contributed by atoms with Crippen LogP contribution in [0.4, 0.5) is 9.39 Å². The minimum Gasteiger partial charge on any atom is -0.481 e. The molecule has 0 saturated carbocycles. The highest BCUT2D eigenvalue weighted by Crippen LogP contribution is 2.38. The number of hydrogen-bond donors (Lipinski definition) is 1. The van der Waals surface area contributed by atoms with E-state index < -0.39 is 18.0 Å². The number of ether oxygens (including phenoxy) is 2. The zero-order valence-electron chi connectivity index (χ0n) is 18.5. The lowest BCUT2D eigenvalue weighted by Gasteiger charge is -2.27. The average Bonchev–Trinajstić information content (AvgIpc) is 3.17. The van der Waals surface area contributed by atoms with Gasteiger partial charge in [0.15, 0.2) is 6.10 Å². The SMILES string of the molecule is COC(=O)c1c(NC(=O)C(C)Oc2ccc(F)cc2)sc2c1CCN(Cc1ccccc1)C2. The molecule has 0 spiro atoms. The van der Waals surface area contributed by atoms with Crippen LogP contribution < -0.4 is 10.1 Å². The van der Waals surface area contributed by atoms with Crippen LogP contribution in [0.3, 0.4) is 0 Å². The van der Waals surface area contributed by atoms with Gasteiger partial charge in [0.05, 0.1) is 12.7 Å². The maximum atomic E-state index is 13.1. The van der Waals surface area contributed by atoms with Crippen molar-refractivity contribution in [2.45, 2.75) is 32.5 Å². The Morgan fingerprint density at radius 2 is 1.88 bits per heavy atom. The van der Waals surface area contributed by atoms with Gasteiger partial charge in [-0.3, -0.25) is 9.69 Å². The van der Waals surface area contributed by atoms with Gasteiger partial charge in [0.25, 0.3) is 5.91 Å². The summed E-state index contributed by atoms with van der Waals surface area (Å²) in [5.74, 6) is -0.863. The molecular weight excluding hydrogens is 443 g/mol. The number of methoxy groups -OCH3 is 1. The summed E-state index contributed by atoms with van der Waals surface area (Å²) in [4.78, 5) is 28.7. The summed E-state index contributed by atoms with van der Waals surface area (Å²) in [5.41, 5.74) is 2.57. The van der Waals surface area contributed by atoms with Crippen molar-refractivity contribution in [3.05, 3.63) is 82.0 Å². The largest absolute Gasteiger partial charge is 0.481 e. The number of carbonyl (C=O) groups is 2. The first-order valence-electron chi connectivity index (χ1n) is 10.7. The molecule has 1 aliphatic rings. The predicted molar refractivity (Wildman–Crippen MR) is 125 cm³/mol. The van der Waals surface area contributed by atoms with Crippen molar-refractivity contribution < 1.29 is 23.5 Å². The molecule has 2 aromatic carbocycles. The minimum absolute atomic E-state index is 0.382. The maximum absolute atomic E-state index is 13.1. The molecule has 1 amide bonds. The number of thiophene rings is 1. The van der Waals surface area contributed by atoms with E-state index in [1.165, 1.54) is 48.3 Å². The number of rotatable bonds is 7. The lowest BCUT2D eigenvalue weighted by Crippen LogP contribution is -2.31. The van der Waals surface area contributed by atoms with Crippen molar-refractivity contribution in [1.29, 1.82) is 0 Å². The van der Waals surface area contributed by atoms with Crippen LogP contribution in [0.2, 0.25) is 0 Å². The number of anilines is 1. The summed E-state index contributed by atoms with van der Waals surface area (Å²) in [6.07, 6.45) is -0.143. The van der Waals surface area contributed by atoms with Gasteiger partial charge < -0.3 is 14.8 Å². The molecule has 33 heavy (non-hydrogen) atoms. The van der Waals surface area contributed by atoms with E-state index in [4.69, 9.17) is 9.47 Å². The van der Waals surface area contributed by atoms with E-state index in [9.17, 15) is 14.0 Å². The molecule has 1 aliphatic heterocycles. The Kier molecular flexibility index (Phi) is 7.05. The third kappa shape index (κ3) is 5.40. The van der Waals surface area contributed by atoms with Crippen LogP contribution in [-0.2, 0) is 29.0 Å². The van der Waals surface area contributed by atoms with Crippen molar-refractivity contribution in [3.8, 4) is 5.75 Å².